The lowest BCUT2D eigenvalue weighted by Crippen LogP contribution is -2.54. The van der Waals surface area contributed by atoms with Crippen molar-refractivity contribution < 1.29 is 19.1 Å². The Kier molecular flexibility index (Phi) is 11.4. The fourth-order valence-electron chi connectivity index (χ4n) is 3.56. The molecule has 0 saturated heterocycles. The maximum Gasteiger partial charge on any atom is 0.242 e. The van der Waals surface area contributed by atoms with E-state index in [2.05, 4.69) is 5.32 Å². The van der Waals surface area contributed by atoms with E-state index in [1.807, 2.05) is 46.7 Å². The van der Waals surface area contributed by atoms with E-state index in [1.54, 1.807) is 19.1 Å². The van der Waals surface area contributed by atoms with E-state index in [1.165, 1.54) is 6.92 Å². The lowest BCUT2D eigenvalue weighted by atomic mass is 9.90. The van der Waals surface area contributed by atoms with E-state index in [0.717, 1.165) is 6.42 Å². The maximum atomic E-state index is 12.7. The van der Waals surface area contributed by atoms with Gasteiger partial charge in [0.15, 0.2) is 0 Å². The number of likely N-dealkylation sites (N-methyl/N-ethyl adjacent to an activating group) is 2. The van der Waals surface area contributed by atoms with Crippen LogP contribution >= 0.6 is 0 Å². The number of Topliss-reactive ketones (excluding diaryl/α,β-unsaturated/α-hetero) is 1. The summed E-state index contributed by atoms with van der Waals surface area (Å²) >= 11 is 0. The van der Waals surface area contributed by atoms with Gasteiger partial charge in [0.1, 0.15) is 5.78 Å². The Morgan fingerprint density at radius 3 is 2.00 bits per heavy atom. The van der Waals surface area contributed by atoms with Crippen molar-refractivity contribution in [2.45, 2.75) is 65.6 Å². The molecule has 0 fully saturated rings. The Balaban J connectivity index is 5.17. The Labute approximate surface area is 164 Å². The summed E-state index contributed by atoms with van der Waals surface area (Å²) in [6.45, 7) is 9.48. The first-order chi connectivity index (χ1) is 12.5. The van der Waals surface area contributed by atoms with Gasteiger partial charge >= 0.3 is 0 Å². The molecular weight excluding hydrogens is 346 g/mol. The third kappa shape index (κ3) is 7.97. The molecule has 7 nitrogen and oxygen atoms in total. The summed E-state index contributed by atoms with van der Waals surface area (Å²) in [5.41, 5.74) is 0. The zero-order chi connectivity index (χ0) is 21.3. The van der Waals surface area contributed by atoms with E-state index in [4.69, 9.17) is 4.74 Å². The summed E-state index contributed by atoms with van der Waals surface area (Å²) in [5, 5.41) is 2.76. The van der Waals surface area contributed by atoms with E-state index in [-0.39, 0.29) is 60.6 Å². The highest BCUT2D eigenvalue weighted by Crippen LogP contribution is 2.21. The fourth-order valence-corrected chi connectivity index (χ4v) is 3.56. The molecule has 158 valence electrons. The molecule has 0 aliphatic rings. The van der Waals surface area contributed by atoms with Crippen LogP contribution in [0.2, 0.25) is 0 Å². The lowest BCUT2D eigenvalue weighted by Gasteiger charge is -2.37. The van der Waals surface area contributed by atoms with Gasteiger partial charge in [0, 0.05) is 20.6 Å². The molecule has 1 N–H and O–H groups in total. The fraction of sp³-hybridized carbons (Fsp3) is 0.850. The van der Waals surface area contributed by atoms with Crippen LogP contribution in [0.5, 0.6) is 0 Å². The second-order valence-electron chi connectivity index (χ2n) is 7.93. The number of nitrogens with one attached hydrogen (secondary N) is 1. The largest absolute Gasteiger partial charge is 0.379 e. The predicted molar refractivity (Wildman–Crippen MR) is 107 cm³/mol. The molecule has 0 aromatic rings. The molecular formula is C20H39N3O4. The van der Waals surface area contributed by atoms with Gasteiger partial charge in [-0.25, -0.2) is 0 Å². The van der Waals surface area contributed by atoms with Crippen LogP contribution in [0.4, 0.5) is 0 Å². The molecule has 0 aromatic carbocycles. The zero-order valence-electron chi connectivity index (χ0n) is 18.5. The topological polar surface area (TPSA) is 79.0 Å². The monoisotopic (exact) mass is 385 g/mol. The van der Waals surface area contributed by atoms with Gasteiger partial charge in [-0.15, -0.1) is 0 Å². The average Bonchev–Trinajstić information content (AvgIpc) is 2.57. The molecule has 2 amide bonds. The molecule has 7 heteroatoms. The molecule has 0 bridgehead atoms. The molecule has 0 aromatic heterocycles. The van der Waals surface area contributed by atoms with E-state index >= 15 is 0 Å². The number of rotatable bonds is 12. The molecule has 4 atom stereocenters. The van der Waals surface area contributed by atoms with Crippen LogP contribution in [0.3, 0.4) is 0 Å². The predicted octanol–water partition coefficient (Wildman–Crippen LogP) is 1.56. The summed E-state index contributed by atoms with van der Waals surface area (Å²) < 4.78 is 5.54. The third-order valence-electron chi connectivity index (χ3n) is 5.11. The van der Waals surface area contributed by atoms with Crippen molar-refractivity contribution in [2.75, 3.05) is 34.8 Å². The van der Waals surface area contributed by atoms with Crippen molar-refractivity contribution in [3.05, 3.63) is 0 Å². The van der Waals surface area contributed by atoms with E-state index in [0.29, 0.717) is 0 Å². The molecule has 0 saturated carbocycles. The number of hydrogen-bond acceptors (Lipinski definition) is 5. The minimum atomic E-state index is -0.368. The van der Waals surface area contributed by atoms with Crippen LogP contribution in [0, 0.1) is 11.8 Å². The van der Waals surface area contributed by atoms with Gasteiger partial charge in [-0.3, -0.25) is 19.3 Å². The first-order valence-corrected chi connectivity index (χ1v) is 9.69. The number of hydrogen-bond donors (Lipinski definition) is 1. The van der Waals surface area contributed by atoms with Crippen molar-refractivity contribution in [2.24, 2.45) is 11.8 Å². The Morgan fingerprint density at radius 2 is 1.63 bits per heavy atom. The number of carbonyl (C=O) groups excluding carboxylic acids is 3. The van der Waals surface area contributed by atoms with Crippen LogP contribution < -0.4 is 5.32 Å². The molecule has 0 aliphatic carbocycles. The first-order valence-electron chi connectivity index (χ1n) is 9.69. The quantitative estimate of drug-likeness (QED) is 0.551. The molecule has 0 spiro atoms. The number of ether oxygens (including phenoxy) is 1. The molecule has 4 unspecified atom stereocenters. The van der Waals surface area contributed by atoms with Crippen LogP contribution in [-0.4, -0.2) is 80.4 Å². The Morgan fingerprint density at radius 1 is 1.07 bits per heavy atom. The minimum Gasteiger partial charge on any atom is -0.379 e. The van der Waals surface area contributed by atoms with Gasteiger partial charge in [-0.05, 0) is 32.9 Å². The summed E-state index contributed by atoms with van der Waals surface area (Å²) in [5.74, 6) is -0.0438. The standard InChI is InChI=1S/C20H39N3O4/c1-10-14(4)19(16(27-9)11-15(5)24)23(8)17(25)12-21-20(26)18(13(2)3)22(6)7/h13-14,16,18-19H,10-12H2,1-9H3,(H,21,26). The SMILES string of the molecule is CCC(C)C(C(CC(C)=O)OC)N(C)C(=O)CNC(=O)C(C(C)C)N(C)C. The van der Waals surface area contributed by atoms with Crippen LogP contribution in [-0.2, 0) is 19.1 Å². The van der Waals surface area contributed by atoms with Crippen molar-refractivity contribution in [1.82, 2.24) is 15.1 Å². The highest BCUT2D eigenvalue weighted by Gasteiger charge is 2.33. The van der Waals surface area contributed by atoms with Gasteiger partial charge in [0.2, 0.25) is 11.8 Å². The van der Waals surface area contributed by atoms with Crippen LogP contribution in [0.1, 0.15) is 47.5 Å². The van der Waals surface area contributed by atoms with E-state index < -0.39 is 0 Å². The van der Waals surface area contributed by atoms with Gasteiger partial charge in [0.05, 0.1) is 24.7 Å². The van der Waals surface area contributed by atoms with Gasteiger partial charge in [0.25, 0.3) is 0 Å². The summed E-state index contributed by atoms with van der Waals surface area (Å²) in [7, 11) is 6.97. The molecule has 27 heavy (non-hydrogen) atoms. The minimum absolute atomic E-state index is 0.0232. The second kappa shape index (κ2) is 12.1. The summed E-state index contributed by atoms with van der Waals surface area (Å²) in [6, 6.07) is -0.527. The average molecular weight is 386 g/mol. The third-order valence-corrected chi connectivity index (χ3v) is 5.11. The lowest BCUT2D eigenvalue weighted by molar-refractivity contribution is -0.139. The summed E-state index contributed by atoms with van der Waals surface area (Å²) in [6.07, 6.45) is 0.737. The number of nitrogens with zero attached hydrogens (tertiary/aromatic N) is 2. The van der Waals surface area contributed by atoms with Crippen molar-refractivity contribution in [3.63, 3.8) is 0 Å². The van der Waals surface area contributed by atoms with Gasteiger partial charge in [-0.2, -0.15) is 0 Å². The molecule has 0 heterocycles. The normalized spacial score (nSPS) is 16.0. The molecule has 0 rings (SSSR count). The van der Waals surface area contributed by atoms with E-state index in [9.17, 15) is 14.4 Å². The van der Waals surface area contributed by atoms with Crippen molar-refractivity contribution in [3.8, 4) is 0 Å². The highest BCUT2D eigenvalue weighted by molar-refractivity contribution is 5.87. The highest BCUT2D eigenvalue weighted by atomic mass is 16.5. The maximum absolute atomic E-state index is 12.7. The Bertz CT molecular complexity index is 486. The second-order valence-corrected chi connectivity index (χ2v) is 7.93. The number of amides is 2. The molecule has 0 radical (unpaired) electrons. The van der Waals surface area contributed by atoms with Crippen LogP contribution in [0.15, 0.2) is 0 Å². The Hall–Kier alpha value is -1.47. The number of ketones is 1. The summed E-state index contributed by atoms with van der Waals surface area (Å²) in [4.78, 5) is 40.3. The first kappa shape index (κ1) is 25.5. The zero-order valence-corrected chi connectivity index (χ0v) is 18.5. The van der Waals surface area contributed by atoms with Gasteiger partial charge < -0.3 is 15.0 Å². The smallest absolute Gasteiger partial charge is 0.242 e. The van der Waals surface area contributed by atoms with Gasteiger partial charge in [-0.1, -0.05) is 34.1 Å². The number of carbonyl (C=O) groups is 3. The van der Waals surface area contributed by atoms with Crippen molar-refractivity contribution >= 4 is 17.6 Å². The van der Waals surface area contributed by atoms with Crippen LogP contribution in [0.25, 0.3) is 0 Å². The van der Waals surface area contributed by atoms with Crippen molar-refractivity contribution in [1.29, 1.82) is 0 Å². The molecule has 0 aliphatic heterocycles. The number of methoxy groups -OCH3 is 1.